The van der Waals surface area contributed by atoms with Crippen molar-refractivity contribution < 1.29 is 4.42 Å². The van der Waals surface area contributed by atoms with Gasteiger partial charge >= 0.3 is 0 Å². The monoisotopic (exact) mass is 463 g/mol. The lowest BCUT2D eigenvalue weighted by atomic mass is 10.1. The Hall–Kier alpha value is -2.42. The topological polar surface area (TPSA) is 75.3 Å². The van der Waals surface area contributed by atoms with Crippen LogP contribution in [0.15, 0.2) is 64.3 Å². The molecular weight excluding hydrogens is 441 g/mol. The number of aliphatic imine (C=N–C) groups is 1. The molecule has 3 aromatic rings. The lowest BCUT2D eigenvalue weighted by Gasteiger charge is -2.10. The maximum Gasteiger partial charge on any atom is 0.226 e. The molecule has 0 saturated heterocycles. The van der Waals surface area contributed by atoms with Gasteiger partial charge < -0.3 is 15.1 Å². The maximum atomic E-state index is 5.56. The molecule has 6 nitrogen and oxygen atoms in total. The van der Waals surface area contributed by atoms with Crippen LogP contribution in [0.25, 0.3) is 11.5 Å². The number of nitrogens with one attached hydrogen (secondary N) is 2. The van der Waals surface area contributed by atoms with Gasteiger partial charge in [-0.3, -0.25) is 9.98 Å². The number of halogens is 1. The highest BCUT2D eigenvalue weighted by Crippen LogP contribution is 2.18. The number of nitrogens with zero attached hydrogens (tertiary/aromatic N) is 3. The Morgan fingerprint density at radius 3 is 2.42 bits per heavy atom. The summed E-state index contributed by atoms with van der Waals surface area (Å²) < 4.78 is 5.56. The molecule has 26 heavy (non-hydrogen) atoms. The second kappa shape index (κ2) is 9.91. The minimum atomic E-state index is 0. The van der Waals surface area contributed by atoms with E-state index in [1.807, 2.05) is 42.5 Å². The molecule has 0 aliphatic carbocycles. The molecule has 0 spiro atoms. The Morgan fingerprint density at radius 1 is 1.04 bits per heavy atom. The van der Waals surface area contributed by atoms with E-state index in [1.54, 1.807) is 19.5 Å². The molecule has 1 aromatic carbocycles. The van der Waals surface area contributed by atoms with Gasteiger partial charge in [-0.25, -0.2) is 4.98 Å². The van der Waals surface area contributed by atoms with Crippen molar-refractivity contribution in [2.75, 3.05) is 7.05 Å². The quantitative estimate of drug-likeness (QED) is 0.344. The molecule has 0 amide bonds. The van der Waals surface area contributed by atoms with E-state index in [1.165, 1.54) is 5.56 Å². The molecule has 136 valence electrons. The van der Waals surface area contributed by atoms with Crippen molar-refractivity contribution in [3.05, 3.63) is 71.9 Å². The van der Waals surface area contributed by atoms with Crippen molar-refractivity contribution in [2.24, 2.45) is 4.99 Å². The first-order valence-corrected chi connectivity index (χ1v) is 8.10. The van der Waals surface area contributed by atoms with Crippen molar-refractivity contribution in [1.29, 1.82) is 0 Å². The van der Waals surface area contributed by atoms with Gasteiger partial charge in [0.25, 0.3) is 0 Å². The minimum Gasteiger partial charge on any atom is -0.444 e. The average Bonchev–Trinajstić information content (AvgIpc) is 3.12. The first kappa shape index (κ1) is 19.9. The molecule has 0 atom stereocenters. The number of hydrogen-bond donors (Lipinski definition) is 2. The fraction of sp³-hybridized carbons (Fsp3) is 0.211. The third-order valence-corrected chi connectivity index (χ3v) is 3.67. The third-order valence-electron chi connectivity index (χ3n) is 3.67. The molecule has 0 aliphatic heterocycles. The molecule has 0 saturated carbocycles. The SMILES string of the molecule is CN=C(NCc1ccccn1)NCc1coc(-c2ccc(C)cc2)n1.I. The summed E-state index contributed by atoms with van der Waals surface area (Å²) in [6.45, 7) is 3.18. The largest absolute Gasteiger partial charge is 0.444 e. The first-order valence-electron chi connectivity index (χ1n) is 8.10. The van der Waals surface area contributed by atoms with Crippen LogP contribution in [0, 0.1) is 6.92 Å². The van der Waals surface area contributed by atoms with Gasteiger partial charge in [0.2, 0.25) is 5.89 Å². The zero-order chi connectivity index (χ0) is 17.5. The van der Waals surface area contributed by atoms with Crippen LogP contribution >= 0.6 is 24.0 Å². The van der Waals surface area contributed by atoms with Gasteiger partial charge in [-0.2, -0.15) is 0 Å². The number of aryl methyl sites for hydroxylation is 1. The number of aromatic nitrogens is 2. The van der Waals surface area contributed by atoms with Crippen LogP contribution in [0.5, 0.6) is 0 Å². The standard InChI is InChI=1S/C19H21N5O.HI/c1-14-6-8-15(9-7-14)18-24-17(13-25-18)12-23-19(20-2)22-11-16-5-3-4-10-21-16;/h3-10,13H,11-12H2,1-2H3,(H2,20,22,23);1H. The fourth-order valence-corrected chi connectivity index (χ4v) is 2.29. The molecule has 0 unspecified atom stereocenters. The highest BCUT2D eigenvalue weighted by atomic mass is 127. The number of hydrogen-bond acceptors (Lipinski definition) is 4. The van der Waals surface area contributed by atoms with E-state index in [-0.39, 0.29) is 24.0 Å². The molecule has 0 fully saturated rings. The molecule has 0 bridgehead atoms. The average molecular weight is 463 g/mol. The van der Waals surface area contributed by atoms with Crippen LogP contribution in [-0.2, 0) is 13.1 Å². The summed E-state index contributed by atoms with van der Waals surface area (Å²) in [4.78, 5) is 13.0. The smallest absolute Gasteiger partial charge is 0.226 e. The lowest BCUT2D eigenvalue weighted by Crippen LogP contribution is -2.36. The van der Waals surface area contributed by atoms with Gasteiger partial charge in [0.15, 0.2) is 5.96 Å². The molecule has 0 aliphatic rings. The van der Waals surface area contributed by atoms with Crippen LogP contribution in [0.4, 0.5) is 0 Å². The number of rotatable bonds is 5. The second-order valence-electron chi connectivity index (χ2n) is 5.61. The van der Waals surface area contributed by atoms with Crippen LogP contribution in [0.2, 0.25) is 0 Å². The predicted octanol–water partition coefficient (Wildman–Crippen LogP) is 3.53. The number of pyridine rings is 1. The Morgan fingerprint density at radius 2 is 1.77 bits per heavy atom. The number of oxazole rings is 1. The Labute approximate surface area is 170 Å². The van der Waals surface area contributed by atoms with Gasteiger partial charge in [-0.1, -0.05) is 23.8 Å². The van der Waals surface area contributed by atoms with Gasteiger partial charge in [0, 0.05) is 18.8 Å². The maximum absolute atomic E-state index is 5.56. The zero-order valence-corrected chi connectivity index (χ0v) is 17.1. The van der Waals surface area contributed by atoms with Gasteiger partial charge in [0.05, 0.1) is 24.5 Å². The normalized spacial score (nSPS) is 10.9. The number of benzene rings is 1. The summed E-state index contributed by atoms with van der Waals surface area (Å²) in [6.07, 6.45) is 3.43. The summed E-state index contributed by atoms with van der Waals surface area (Å²) >= 11 is 0. The molecule has 2 heterocycles. The Balaban J connectivity index is 0.00000243. The molecule has 2 N–H and O–H groups in total. The van der Waals surface area contributed by atoms with Crippen LogP contribution < -0.4 is 10.6 Å². The van der Waals surface area contributed by atoms with E-state index >= 15 is 0 Å². The lowest BCUT2D eigenvalue weighted by molar-refractivity contribution is 0.572. The van der Waals surface area contributed by atoms with Gasteiger partial charge in [-0.05, 0) is 31.2 Å². The Kier molecular flexibility index (Phi) is 7.58. The molecular formula is C19H22IN5O. The van der Waals surface area contributed by atoms with Gasteiger partial charge in [0.1, 0.15) is 6.26 Å². The van der Waals surface area contributed by atoms with Crippen molar-refractivity contribution in [2.45, 2.75) is 20.0 Å². The zero-order valence-electron chi connectivity index (χ0n) is 14.8. The fourth-order valence-electron chi connectivity index (χ4n) is 2.29. The van der Waals surface area contributed by atoms with Crippen molar-refractivity contribution in [3.63, 3.8) is 0 Å². The van der Waals surface area contributed by atoms with E-state index < -0.39 is 0 Å². The third kappa shape index (κ3) is 5.55. The number of guanidine groups is 1. The predicted molar refractivity (Wildman–Crippen MR) is 113 cm³/mol. The van der Waals surface area contributed by atoms with E-state index in [0.717, 1.165) is 17.0 Å². The second-order valence-corrected chi connectivity index (χ2v) is 5.61. The van der Waals surface area contributed by atoms with Crippen molar-refractivity contribution in [1.82, 2.24) is 20.6 Å². The first-order chi connectivity index (χ1) is 12.2. The van der Waals surface area contributed by atoms with E-state index in [2.05, 4.69) is 32.5 Å². The molecule has 0 radical (unpaired) electrons. The van der Waals surface area contributed by atoms with E-state index in [4.69, 9.17) is 4.42 Å². The van der Waals surface area contributed by atoms with Crippen molar-refractivity contribution in [3.8, 4) is 11.5 Å². The van der Waals surface area contributed by atoms with Gasteiger partial charge in [-0.15, -0.1) is 24.0 Å². The highest BCUT2D eigenvalue weighted by molar-refractivity contribution is 14.0. The Bertz CT molecular complexity index is 831. The molecule has 3 rings (SSSR count). The summed E-state index contributed by atoms with van der Waals surface area (Å²) in [7, 11) is 1.73. The van der Waals surface area contributed by atoms with Crippen LogP contribution in [0.1, 0.15) is 17.0 Å². The van der Waals surface area contributed by atoms with E-state index in [0.29, 0.717) is 24.9 Å². The van der Waals surface area contributed by atoms with Crippen LogP contribution in [0.3, 0.4) is 0 Å². The summed E-state index contributed by atoms with van der Waals surface area (Å²) in [6, 6.07) is 13.9. The van der Waals surface area contributed by atoms with E-state index in [9.17, 15) is 0 Å². The summed E-state index contributed by atoms with van der Waals surface area (Å²) in [5.74, 6) is 1.30. The minimum absolute atomic E-state index is 0. The van der Waals surface area contributed by atoms with Crippen LogP contribution in [-0.4, -0.2) is 23.0 Å². The molecule has 2 aromatic heterocycles. The summed E-state index contributed by atoms with van der Waals surface area (Å²) in [5, 5.41) is 6.44. The van der Waals surface area contributed by atoms with Crippen molar-refractivity contribution >= 4 is 29.9 Å². The highest BCUT2D eigenvalue weighted by Gasteiger charge is 2.07. The molecule has 7 heteroatoms. The summed E-state index contributed by atoms with van der Waals surface area (Å²) in [5.41, 5.74) is 3.94.